The Balaban J connectivity index is 2.21. The van der Waals surface area contributed by atoms with Gasteiger partial charge >= 0.3 is 5.97 Å². The minimum Gasteiger partial charge on any atom is -0.497 e. The number of primary amides is 1. The molecular formula is C14H17NO4. The fourth-order valence-corrected chi connectivity index (χ4v) is 2.27. The molecule has 5 heteroatoms. The highest BCUT2D eigenvalue weighted by molar-refractivity contribution is 5.96. The zero-order valence-corrected chi connectivity index (χ0v) is 10.8. The molecule has 1 aromatic carbocycles. The molecule has 0 heterocycles. The maximum Gasteiger partial charge on any atom is 0.314 e. The molecule has 5 nitrogen and oxygen atoms in total. The molecule has 0 saturated heterocycles. The topological polar surface area (TPSA) is 78.6 Å². The molecule has 1 aromatic rings. The van der Waals surface area contributed by atoms with Gasteiger partial charge in [0.25, 0.3) is 5.91 Å². The number of nitrogens with two attached hydrogens (primary N) is 1. The lowest BCUT2D eigenvalue weighted by atomic mass is 10.1. The highest BCUT2D eigenvalue weighted by Gasteiger charge is 2.25. The van der Waals surface area contributed by atoms with Crippen molar-refractivity contribution in [1.82, 2.24) is 0 Å². The number of rotatable bonds is 4. The Bertz CT molecular complexity index is 492. The Morgan fingerprint density at radius 3 is 2.53 bits per heavy atom. The van der Waals surface area contributed by atoms with Gasteiger partial charge in [-0.1, -0.05) is 12.8 Å². The third-order valence-electron chi connectivity index (χ3n) is 3.35. The van der Waals surface area contributed by atoms with Crippen molar-refractivity contribution in [3.63, 3.8) is 0 Å². The lowest BCUT2D eigenvalue weighted by molar-refractivity contribution is -0.138. The Morgan fingerprint density at radius 2 is 1.95 bits per heavy atom. The van der Waals surface area contributed by atoms with Crippen LogP contribution in [0.25, 0.3) is 0 Å². The van der Waals surface area contributed by atoms with Gasteiger partial charge in [0, 0.05) is 6.07 Å². The van der Waals surface area contributed by atoms with Gasteiger partial charge in [-0.05, 0) is 25.0 Å². The van der Waals surface area contributed by atoms with Crippen LogP contribution in [0.15, 0.2) is 18.2 Å². The Kier molecular flexibility index (Phi) is 4.04. The molecule has 0 bridgehead atoms. The molecule has 1 aliphatic rings. The largest absolute Gasteiger partial charge is 0.497 e. The molecule has 1 aliphatic carbocycles. The van der Waals surface area contributed by atoms with Gasteiger partial charge in [0.05, 0.1) is 18.6 Å². The van der Waals surface area contributed by atoms with Gasteiger partial charge in [0.1, 0.15) is 11.5 Å². The van der Waals surface area contributed by atoms with E-state index in [1.807, 2.05) is 0 Å². The van der Waals surface area contributed by atoms with Crippen molar-refractivity contribution in [1.29, 1.82) is 0 Å². The minimum absolute atomic E-state index is 0.0769. The average Bonchev–Trinajstić information content (AvgIpc) is 2.92. The van der Waals surface area contributed by atoms with E-state index in [1.54, 1.807) is 6.07 Å². The average molecular weight is 263 g/mol. The summed E-state index contributed by atoms with van der Waals surface area (Å²) in [6.45, 7) is 0. The number of methoxy groups -OCH3 is 1. The number of hydrogen-bond acceptors (Lipinski definition) is 4. The molecule has 2 N–H and O–H groups in total. The molecule has 0 unspecified atom stereocenters. The smallest absolute Gasteiger partial charge is 0.314 e. The van der Waals surface area contributed by atoms with Crippen LogP contribution in [0.1, 0.15) is 36.0 Å². The number of ether oxygens (including phenoxy) is 2. The van der Waals surface area contributed by atoms with Crippen LogP contribution in [0.3, 0.4) is 0 Å². The Morgan fingerprint density at radius 1 is 1.26 bits per heavy atom. The van der Waals surface area contributed by atoms with Gasteiger partial charge in [0.2, 0.25) is 0 Å². The van der Waals surface area contributed by atoms with Crippen LogP contribution < -0.4 is 15.2 Å². The maximum absolute atomic E-state index is 12.0. The number of amides is 1. The van der Waals surface area contributed by atoms with E-state index in [1.165, 1.54) is 19.2 Å². The minimum atomic E-state index is -0.628. The third kappa shape index (κ3) is 3.05. The summed E-state index contributed by atoms with van der Waals surface area (Å²) in [5, 5.41) is 0. The lowest BCUT2D eigenvalue weighted by Gasteiger charge is -2.12. The van der Waals surface area contributed by atoms with E-state index in [-0.39, 0.29) is 23.2 Å². The molecule has 2 rings (SSSR count). The van der Waals surface area contributed by atoms with E-state index in [4.69, 9.17) is 15.2 Å². The molecule has 0 aromatic heterocycles. The van der Waals surface area contributed by atoms with Crippen LogP contribution in [-0.2, 0) is 4.79 Å². The first-order chi connectivity index (χ1) is 9.11. The summed E-state index contributed by atoms with van der Waals surface area (Å²) in [4.78, 5) is 23.3. The van der Waals surface area contributed by atoms with E-state index in [2.05, 4.69) is 0 Å². The van der Waals surface area contributed by atoms with Crippen LogP contribution in [0.2, 0.25) is 0 Å². The van der Waals surface area contributed by atoms with Crippen LogP contribution in [0, 0.1) is 5.92 Å². The number of esters is 1. The summed E-state index contributed by atoms with van der Waals surface area (Å²) in [7, 11) is 1.50. The number of carbonyl (C=O) groups is 2. The van der Waals surface area contributed by atoms with Crippen molar-refractivity contribution in [3.05, 3.63) is 23.8 Å². The maximum atomic E-state index is 12.0. The molecule has 1 saturated carbocycles. The summed E-state index contributed by atoms with van der Waals surface area (Å²) in [5.74, 6) is -0.319. The number of hydrogen-bond donors (Lipinski definition) is 1. The Hall–Kier alpha value is -2.04. The normalized spacial score (nSPS) is 15.2. The van der Waals surface area contributed by atoms with Crippen LogP contribution in [-0.4, -0.2) is 19.0 Å². The fourth-order valence-electron chi connectivity index (χ4n) is 2.27. The predicted molar refractivity (Wildman–Crippen MR) is 69.1 cm³/mol. The second-order valence-electron chi connectivity index (χ2n) is 4.63. The highest BCUT2D eigenvalue weighted by atomic mass is 16.5. The van der Waals surface area contributed by atoms with Crippen molar-refractivity contribution in [2.45, 2.75) is 25.7 Å². The number of benzene rings is 1. The highest BCUT2D eigenvalue weighted by Crippen LogP contribution is 2.29. The van der Waals surface area contributed by atoms with Gasteiger partial charge in [-0.3, -0.25) is 9.59 Å². The van der Waals surface area contributed by atoms with Gasteiger partial charge in [-0.15, -0.1) is 0 Å². The standard InChI is InChI=1S/C14H17NO4/c1-18-10-6-7-11(13(15)16)12(8-10)19-14(17)9-4-2-3-5-9/h6-9H,2-5H2,1H3,(H2,15,16). The van der Waals surface area contributed by atoms with Crippen molar-refractivity contribution < 1.29 is 19.1 Å². The second kappa shape index (κ2) is 5.73. The molecule has 0 spiro atoms. The van der Waals surface area contributed by atoms with Crippen molar-refractivity contribution in [3.8, 4) is 11.5 Å². The van der Waals surface area contributed by atoms with E-state index in [0.29, 0.717) is 5.75 Å². The van der Waals surface area contributed by atoms with Gasteiger partial charge in [-0.25, -0.2) is 0 Å². The summed E-state index contributed by atoms with van der Waals surface area (Å²) >= 11 is 0. The van der Waals surface area contributed by atoms with Crippen LogP contribution >= 0.6 is 0 Å². The SMILES string of the molecule is COc1ccc(C(N)=O)c(OC(=O)C2CCCC2)c1. The molecule has 1 amide bonds. The summed E-state index contributed by atoms with van der Waals surface area (Å²) in [5.41, 5.74) is 5.45. The monoisotopic (exact) mass is 263 g/mol. The van der Waals surface area contributed by atoms with Gasteiger partial charge in [0.15, 0.2) is 0 Å². The molecule has 102 valence electrons. The lowest BCUT2D eigenvalue weighted by Crippen LogP contribution is -2.20. The zero-order chi connectivity index (χ0) is 13.8. The second-order valence-corrected chi connectivity index (χ2v) is 4.63. The molecule has 0 radical (unpaired) electrons. The third-order valence-corrected chi connectivity index (χ3v) is 3.35. The van der Waals surface area contributed by atoms with E-state index < -0.39 is 5.91 Å². The predicted octanol–water partition coefficient (Wildman–Crippen LogP) is 1.89. The summed E-state index contributed by atoms with van der Waals surface area (Å²) in [6.07, 6.45) is 3.77. The quantitative estimate of drug-likeness (QED) is 0.664. The first kappa shape index (κ1) is 13.4. The molecule has 0 atom stereocenters. The first-order valence-corrected chi connectivity index (χ1v) is 6.31. The molecular weight excluding hydrogens is 246 g/mol. The fraction of sp³-hybridized carbons (Fsp3) is 0.429. The Labute approximate surface area is 111 Å². The van der Waals surface area contributed by atoms with Crippen molar-refractivity contribution >= 4 is 11.9 Å². The van der Waals surface area contributed by atoms with E-state index >= 15 is 0 Å². The van der Waals surface area contributed by atoms with Gasteiger partial charge < -0.3 is 15.2 Å². The zero-order valence-electron chi connectivity index (χ0n) is 10.8. The van der Waals surface area contributed by atoms with Crippen molar-refractivity contribution in [2.75, 3.05) is 7.11 Å². The van der Waals surface area contributed by atoms with Gasteiger partial charge in [-0.2, -0.15) is 0 Å². The van der Waals surface area contributed by atoms with E-state index in [0.717, 1.165) is 25.7 Å². The summed E-state index contributed by atoms with van der Waals surface area (Å²) < 4.78 is 10.4. The molecule has 0 aliphatic heterocycles. The van der Waals surface area contributed by atoms with E-state index in [9.17, 15) is 9.59 Å². The van der Waals surface area contributed by atoms with Crippen LogP contribution in [0.5, 0.6) is 11.5 Å². The molecule has 19 heavy (non-hydrogen) atoms. The number of carbonyl (C=O) groups excluding carboxylic acids is 2. The molecule has 1 fully saturated rings. The first-order valence-electron chi connectivity index (χ1n) is 6.31. The summed E-state index contributed by atoms with van der Waals surface area (Å²) in [6, 6.07) is 4.61. The van der Waals surface area contributed by atoms with Crippen LogP contribution in [0.4, 0.5) is 0 Å². The van der Waals surface area contributed by atoms with Crippen molar-refractivity contribution in [2.24, 2.45) is 11.7 Å².